The molecule has 5 rings (SSSR count). The highest BCUT2D eigenvalue weighted by molar-refractivity contribution is 5.89. The number of ether oxygens (including phenoxy) is 1. The number of amides is 3. The molecule has 0 saturated carbocycles. The molecule has 34 heavy (non-hydrogen) atoms. The van der Waals surface area contributed by atoms with E-state index in [1.807, 2.05) is 24.3 Å². The number of nitrogens with one attached hydrogen (secondary N) is 3. The maximum absolute atomic E-state index is 12.9. The summed E-state index contributed by atoms with van der Waals surface area (Å²) in [4.78, 5) is 52.2. The first-order valence-electron chi connectivity index (χ1n) is 10.8. The van der Waals surface area contributed by atoms with E-state index in [0.717, 1.165) is 5.56 Å². The second-order valence-electron chi connectivity index (χ2n) is 8.43. The van der Waals surface area contributed by atoms with Gasteiger partial charge in [0.2, 0.25) is 0 Å². The number of urea groups is 1. The molecule has 2 aliphatic heterocycles. The lowest BCUT2D eigenvalue weighted by molar-refractivity contribution is -0.139. The zero-order chi connectivity index (χ0) is 23.9. The number of likely N-dealkylation sites (tertiary alicyclic amines) is 1. The molecule has 2 aliphatic rings. The maximum atomic E-state index is 12.9. The SMILES string of the molecule is O=C1Nc2ccccc2C2(CCN(C(=O)N[C@H](Cc3ccc4[nH]c(=O)oc4c3)C(=O)O)CC2)O1. The van der Waals surface area contributed by atoms with Gasteiger partial charge in [0, 0.05) is 37.9 Å². The van der Waals surface area contributed by atoms with Crippen molar-refractivity contribution < 1.29 is 28.6 Å². The largest absolute Gasteiger partial charge is 0.480 e. The van der Waals surface area contributed by atoms with Crippen LogP contribution in [0.25, 0.3) is 11.1 Å². The molecule has 1 aromatic heterocycles. The van der Waals surface area contributed by atoms with E-state index in [-0.39, 0.29) is 6.42 Å². The fourth-order valence-electron chi connectivity index (χ4n) is 4.59. The summed E-state index contributed by atoms with van der Waals surface area (Å²) in [6.07, 6.45) is 0.274. The highest BCUT2D eigenvalue weighted by atomic mass is 16.6. The molecule has 11 nitrogen and oxygen atoms in total. The number of aromatic amines is 1. The summed E-state index contributed by atoms with van der Waals surface area (Å²) < 4.78 is 10.7. The van der Waals surface area contributed by atoms with Crippen molar-refractivity contribution >= 4 is 34.9 Å². The number of oxazole rings is 1. The number of benzene rings is 2. The quantitative estimate of drug-likeness (QED) is 0.460. The van der Waals surface area contributed by atoms with Gasteiger partial charge in [0.15, 0.2) is 5.58 Å². The number of rotatable bonds is 4. The van der Waals surface area contributed by atoms with Crippen LogP contribution in [-0.4, -0.2) is 52.2 Å². The maximum Gasteiger partial charge on any atom is 0.417 e. The van der Waals surface area contributed by atoms with E-state index >= 15 is 0 Å². The number of fused-ring (bicyclic) bond motifs is 3. The predicted octanol–water partition coefficient (Wildman–Crippen LogP) is 2.38. The third kappa shape index (κ3) is 3.96. The van der Waals surface area contributed by atoms with Crippen LogP contribution in [-0.2, 0) is 21.6 Å². The minimum Gasteiger partial charge on any atom is -0.480 e. The normalized spacial score (nSPS) is 17.5. The summed E-state index contributed by atoms with van der Waals surface area (Å²) >= 11 is 0. The van der Waals surface area contributed by atoms with Gasteiger partial charge in [0.25, 0.3) is 0 Å². The molecule has 3 aromatic rings. The number of anilines is 1. The number of carboxylic acids is 1. The Kier molecular flexibility index (Phi) is 5.23. The molecular weight excluding hydrogens is 444 g/mol. The molecule has 1 spiro atoms. The van der Waals surface area contributed by atoms with Gasteiger partial charge in [0.1, 0.15) is 11.6 Å². The molecule has 1 fully saturated rings. The van der Waals surface area contributed by atoms with Crippen molar-refractivity contribution in [1.82, 2.24) is 15.2 Å². The molecule has 2 aromatic carbocycles. The van der Waals surface area contributed by atoms with Gasteiger partial charge in [-0.1, -0.05) is 24.3 Å². The Bertz CT molecular complexity index is 1340. The molecule has 4 N–H and O–H groups in total. The molecular formula is C23H22N4O7. The van der Waals surface area contributed by atoms with Crippen molar-refractivity contribution in [2.24, 2.45) is 0 Å². The lowest BCUT2D eigenvalue weighted by atomic mass is 9.82. The van der Waals surface area contributed by atoms with Crippen LogP contribution < -0.4 is 16.4 Å². The summed E-state index contributed by atoms with van der Waals surface area (Å²) in [6.45, 7) is 0.584. The van der Waals surface area contributed by atoms with E-state index in [1.165, 1.54) is 4.90 Å². The minimum atomic E-state index is -1.18. The Morgan fingerprint density at radius 1 is 1.15 bits per heavy atom. The first-order valence-corrected chi connectivity index (χ1v) is 10.8. The van der Waals surface area contributed by atoms with Gasteiger partial charge in [-0.2, -0.15) is 0 Å². The molecule has 11 heteroatoms. The predicted molar refractivity (Wildman–Crippen MR) is 120 cm³/mol. The molecule has 1 atom stereocenters. The second kappa shape index (κ2) is 8.25. The summed E-state index contributed by atoms with van der Waals surface area (Å²) in [6, 6.07) is 10.6. The Morgan fingerprint density at radius 2 is 1.91 bits per heavy atom. The van der Waals surface area contributed by atoms with Gasteiger partial charge in [-0.05, 0) is 23.8 Å². The third-order valence-corrected chi connectivity index (χ3v) is 6.32. The standard InChI is InChI=1S/C23H22N4O7/c28-19(29)17(11-13-5-6-16-18(12-13)33-21(31)26-16)24-20(30)27-9-7-23(8-10-27)14-3-1-2-4-15(14)25-22(32)34-23/h1-6,12,17H,7-11H2,(H,24,30)(H,25,32)(H,26,31)(H,28,29)/t17-/m1/s1. The van der Waals surface area contributed by atoms with Gasteiger partial charge < -0.3 is 24.5 Å². The van der Waals surface area contributed by atoms with Crippen LogP contribution in [0.3, 0.4) is 0 Å². The van der Waals surface area contributed by atoms with Crippen molar-refractivity contribution in [2.45, 2.75) is 30.9 Å². The number of piperidine rings is 1. The molecule has 0 bridgehead atoms. The van der Waals surface area contributed by atoms with Gasteiger partial charge in [-0.25, -0.2) is 19.2 Å². The summed E-state index contributed by atoms with van der Waals surface area (Å²) in [7, 11) is 0. The van der Waals surface area contributed by atoms with Crippen LogP contribution in [0.2, 0.25) is 0 Å². The number of hydrogen-bond donors (Lipinski definition) is 4. The first-order chi connectivity index (χ1) is 16.3. The zero-order valence-electron chi connectivity index (χ0n) is 18.0. The fraction of sp³-hybridized carbons (Fsp3) is 0.304. The summed E-state index contributed by atoms with van der Waals surface area (Å²) in [5, 5.41) is 14.9. The second-order valence-corrected chi connectivity index (χ2v) is 8.43. The van der Waals surface area contributed by atoms with Gasteiger partial charge in [0.05, 0.1) is 11.2 Å². The number of carboxylic acid groups (broad SMARTS) is 1. The Balaban J connectivity index is 1.26. The Morgan fingerprint density at radius 3 is 2.68 bits per heavy atom. The number of carbonyl (C=O) groups excluding carboxylic acids is 2. The highest BCUT2D eigenvalue weighted by Crippen LogP contribution is 2.43. The lowest BCUT2D eigenvalue weighted by Crippen LogP contribution is -2.54. The van der Waals surface area contributed by atoms with E-state index in [2.05, 4.69) is 15.6 Å². The zero-order valence-corrected chi connectivity index (χ0v) is 18.0. The number of hydrogen-bond acceptors (Lipinski definition) is 6. The van der Waals surface area contributed by atoms with E-state index in [0.29, 0.717) is 48.3 Å². The first kappa shape index (κ1) is 21.6. The van der Waals surface area contributed by atoms with Gasteiger partial charge in [-0.15, -0.1) is 0 Å². The number of aliphatic carboxylic acids is 1. The number of H-pyrrole nitrogens is 1. The van der Waals surface area contributed by atoms with E-state index in [4.69, 9.17) is 9.15 Å². The van der Waals surface area contributed by atoms with Crippen molar-refractivity contribution in [3.63, 3.8) is 0 Å². The lowest BCUT2D eigenvalue weighted by Gasteiger charge is -2.44. The van der Waals surface area contributed by atoms with Gasteiger partial charge in [-0.3, -0.25) is 10.3 Å². The van der Waals surface area contributed by atoms with Crippen LogP contribution in [0, 0.1) is 0 Å². The molecule has 0 unspecified atom stereocenters. The van der Waals surface area contributed by atoms with E-state index in [1.54, 1.807) is 18.2 Å². The molecule has 3 heterocycles. The average Bonchev–Trinajstić information content (AvgIpc) is 3.18. The molecule has 1 saturated heterocycles. The van der Waals surface area contributed by atoms with Crippen LogP contribution in [0.4, 0.5) is 15.3 Å². The number of carbonyl (C=O) groups is 3. The van der Waals surface area contributed by atoms with Crippen molar-refractivity contribution in [3.05, 3.63) is 64.1 Å². The molecule has 3 amide bonds. The number of para-hydroxylation sites is 1. The summed E-state index contributed by atoms with van der Waals surface area (Å²) in [5.41, 5.74) is 2.15. The fourth-order valence-corrected chi connectivity index (χ4v) is 4.59. The molecule has 0 radical (unpaired) electrons. The van der Waals surface area contributed by atoms with Crippen LogP contribution in [0.5, 0.6) is 0 Å². The third-order valence-electron chi connectivity index (χ3n) is 6.32. The topological polar surface area (TPSA) is 154 Å². The van der Waals surface area contributed by atoms with Gasteiger partial charge >= 0.3 is 23.8 Å². The van der Waals surface area contributed by atoms with Crippen LogP contribution >= 0.6 is 0 Å². The molecule has 0 aliphatic carbocycles. The van der Waals surface area contributed by atoms with Crippen molar-refractivity contribution in [1.29, 1.82) is 0 Å². The van der Waals surface area contributed by atoms with Crippen LogP contribution in [0.15, 0.2) is 51.7 Å². The monoisotopic (exact) mass is 466 g/mol. The van der Waals surface area contributed by atoms with Crippen molar-refractivity contribution in [3.8, 4) is 0 Å². The Hall–Kier alpha value is -4.28. The smallest absolute Gasteiger partial charge is 0.417 e. The molecule has 176 valence electrons. The number of nitrogens with zero attached hydrogens (tertiary/aromatic N) is 1. The average molecular weight is 466 g/mol. The number of aromatic nitrogens is 1. The minimum absolute atomic E-state index is 0.0142. The Labute approximate surface area is 192 Å². The highest BCUT2D eigenvalue weighted by Gasteiger charge is 2.45. The van der Waals surface area contributed by atoms with E-state index < -0.39 is 35.5 Å². The van der Waals surface area contributed by atoms with Crippen molar-refractivity contribution in [2.75, 3.05) is 18.4 Å². The van der Waals surface area contributed by atoms with E-state index in [9.17, 15) is 24.3 Å². The van der Waals surface area contributed by atoms with Crippen LogP contribution in [0.1, 0.15) is 24.0 Å². The summed E-state index contributed by atoms with van der Waals surface area (Å²) in [5.74, 6) is -1.78.